The van der Waals surface area contributed by atoms with Gasteiger partial charge in [-0.15, -0.1) is 0 Å². The molecule has 4 heteroatoms. The molecule has 2 nitrogen and oxygen atoms in total. The van der Waals surface area contributed by atoms with Crippen LogP contribution in [0, 0.1) is 11.7 Å². The topological polar surface area (TPSA) is 38.0 Å². The van der Waals surface area contributed by atoms with Crippen LogP contribution in [0.25, 0.3) is 0 Å². The van der Waals surface area contributed by atoms with Crippen molar-refractivity contribution < 1.29 is 4.39 Å². The molecular weight excluding hydrogens is 247 g/mol. The molecule has 18 heavy (non-hydrogen) atoms. The van der Waals surface area contributed by atoms with Crippen molar-refractivity contribution in [3.8, 4) is 0 Å². The first kappa shape index (κ1) is 13.8. The highest BCUT2D eigenvalue weighted by Gasteiger charge is 2.18. The molecule has 0 amide bonds. The Balaban J connectivity index is 1.88. The lowest BCUT2D eigenvalue weighted by atomic mass is 9.91. The molecule has 0 radical (unpaired) electrons. The molecule has 1 unspecified atom stereocenters. The van der Waals surface area contributed by atoms with Crippen molar-refractivity contribution in [1.82, 2.24) is 5.43 Å². The van der Waals surface area contributed by atoms with E-state index in [-0.39, 0.29) is 11.9 Å². The Morgan fingerprint density at radius 3 is 2.83 bits per heavy atom. The van der Waals surface area contributed by atoms with E-state index in [2.05, 4.69) is 5.43 Å². The molecule has 0 aromatic heterocycles. The van der Waals surface area contributed by atoms with E-state index in [9.17, 15) is 4.39 Å². The van der Waals surface area contributed by atoms with Crippen LogP contribution in [0.15, 0.2) is 24.3 Å². The van der Waals surface area contributed by atoms with Gasteiger partial charge in [-0.1, -0.05) is 12.1 Å². The van der Waals surface area contributed by atoms with Crippen LogP contribution in [0.4, 0.5) is 4.39 Å². The quantitative estimate of drug-likeness (QED) is 0.637. The SMILES string of the molecule is NNC(Cc1cccc(F)c1)CC1CCSCC1. The summed E-state index contributed by atoms with van der Waals surface area (Å²) < 4.78 is 13.1. The lowest BCUT2D eigenvalue weighted by molar-refractivity contribution is 0.365. The molecule has 0 spiro atoms. The summed E-state index contributed by atoms with van der Waals surface area (Å²) in [5, 5.41) is 0. The average Bonchev–Trinajstić information content (AvgIpc) is 2.39. The van der Waals surface area contributed by atoms with E-state index in [1.807, 2.05) is 17.8 Å². The zero-order valence-corrected chi connectivity index (χ0v) is 11.4. The second-order valence-corrected chi connectivity index (χ2v) is 6.21. The molecule has 1 aromatic rings. The van der Waals surface area contributed by atoms with Crippen LogP contribution in [0.5, 0.6) is 0 Å². The molecule has 1 saturated heterocycles. The van der Waals surface area contributed by atoms with Gasteiger partial charge in [-0.25, -0.2) is 4.39 Å². The summed E-state index contributed by atoms with van der Waals surface area (Å²) in [5.74, 6) is 8.75. The highest BCUT2D eigenvalue weighted by molar-refractivity contribution is 7.99. The maximum atomic E-state index is 13.1. The lowest BCUT2D eigenvalue weighted by Gasteiger charge is -2.26. The van der Waals surface area contributed by atoms with Gasteiger partial charge in [0.2, 0.25) is 0 Å². The number of hydrogen-bond donors (Lipinski definition) is 2. The normalized spacial score (nSPS) is 18.8. The van der Waals surface area contributed by atoms with Gasteiger partial charge in [0.15, 0.2) is 0 Å². The average molecular weight is 268 g/mol. The van der Waals surface area contributed by atoms with Crippen molar-refractivity contribution in [2.45, 2.75) is 31.7 Å². The van der Waals surface area contributed by atoms with Gasteiger partial charge in [0.1, 0.15) is 5.82 Å². The summed E-state index contributed by atoms with van der Waals surface area (Å²) in [4.78, 5) is 0. The number of hydrazine groups is 1. The first-order valence-electron chi connectivity index (χ1n) is 6.56. The second kappa shape index (κ2) is 7.12. The van der Waals surface area contributed by atoms with E-state index >= 15 is 0 Å². The highest BCUT2D eigenvalue weighted by Crippen LogP contribution is 2.27. The van der Waals surface area contributed by atoms with Crippen molar-refractivity contribution in [2.24, 2.45) is 11.8 Å². The predicted molar refractivity (Wildman–Crippen MR) is 75.9 cm³/mol. The molecule has 0 bridgehead atoms. The molecule has 0 aliphatic carbocycles. The minimum atomic E-state index is -0.169. The third-order valence-electron chi connectivity index (χ3n) is 3.57. The van der Waals surface area contributed by atoms with E-state index in [0.717, 1.165) is 24.3 Å². The largest absolute Gasteiger partial charge is 0.271 e. The molecule has 3 N–H and O–H groups in total. The van der Waals surface area contributed by atoms with Gasteiger partial charge >= 0.3 is 0 Å². The minimum Gasteiger partial charge on any atom is -0.271 e. The highest BCUT2D eigenvalue weighted by atomic mass is 32.2. The molecule has 0 saturated carbocycles. The van der Waals surface area contributed by atoms with Crippen LogP contribution in [-0.4, -0.2) is 17.5 Å². The zero-order chi connectivity index (χ0) is 12.8. The Labute approximate surface area is 112 Å². The maximum absolute atomic E-state index is 13.1. The maximum Gasteiger partial charge on any atom is 0.123 e. The number of thioether (sulfide) groups is 1. The van der Waals surface area contributed by atoms with Crippen LogP contribution in [0.1, 0.15) is 24.8 Å². The summed E-state index contributed by atoms with van der Waals surface area (Å²) in [7, 11) is 0. The third kappa shape index (κ3) is 4.26. The van der Waals surface area contributed by atoms with Crippen LogP contribution >= 0.6 is 11.8 Å². The summed E-state index contributed by atoms with van der Waals surface area (Å²) in [6.45, 7) is 0. The molecule has 2 rings (SSSR count). The van der Waals surface area contributed by atoms with E-state index in [1.165, 1.54) is 30.4 Å². The van der Waals surface area contributed by atoms with Gasteiger partial charge in [0.05, 0.1) is 0 Å². The lowest BCUT2D eigenvalue weighted by Crippen LogP contribution is -2.38. The van der Waals surface area contributed by atoms with E-state index in [4.69, 9.17) is 5.84 Å². The monoisotopic (exact) mass is 268 g/mol. The fourth-order valence-corrected chi connectivity index (χ4v) is 3.75. The Morgan fingerprint density at radius 2 is 2.17 bits per heavy atom. The van der Waals surface area contributed by atoms with Crippen molar-refractivity contribution in [3.63, 3.8) is 0 Å². The van der Waals surface area contributed by atoms with Crippen LogP contribution in [0.3, 0.4) is 0 Å². The van der Waals surface area contributed by atoms with Gasteiger partial charge in [0, 0.05) is 6.04 Å². The molecule has 1 aromatic carbocycles. The Morgan fingerprint density at radius 1 is 1.39 bits per heavy atom. The number of nitrogens with two attached hydrogens (primary N) is 1. The molecule has 1 aliphatic heterocycles. The van der Waals surface area contributed by atoms with Crippen LogP contribution in [0.2, 0.25) is 0 Å². The Kier molecular flexibility index (Phi) is 5.47. The van der Waals surface area contributed by atoms with Crippen LogP contribution in [-0.2, 0) is 6.42 Å². The molecule has 1 heterocycles. The second-order valence-electron chi connectivity index (χ2n) is 4.99. The predicted octanol–water partition coefficient (Wildman–Crippen LogP) is 2.73. The smallest absolute Gasteiger partial charge is 0.123 e. The summed E-state index contributed by atoms with van der Waals surface area (Å²) in [6.07, 6.45) is 4.46. The molecule has 1 aliphatic rings. The number of rotatable bonds is 5. The van der Waals surface area contributed by atoms with E-state index in [1.54, 1.807) is 12.1 Å². The van der Waals surface area contributed by atoms with Gasteiger partial charge in [-0.05, 0) is 60.8 Å². The third-order valence-corrected chi connectivity index (χ3v) is 4.61. The fraction of sp³-hybridized carbons (Fsp3) is 0.571. The van der Waals surface area contributed by atoms with Crippen molar-refractivity contribution >= 4 is 11.8 Å². The minimum absolute atomic E-state index is 0.169. The Bertz CT molecular complexity index is 367. The van der Waals surface area contributed by atoms with Crippen molar-refractivity contribution in [3.05, 3.63) is 35.6 Å². The first-order valence-corrected chi connectivity index (χ1v) is 7.71. The standard InChI is InChI=1S/C14H21FN2S/c15-13-3-1-2-12(8-13)10-14(17-16)9-11-4-6-18-7-5-11/h1-3,8,11,14,17H,4-7,9-10,16H2. The van der Waals surface area contributed by atoms with Crippen molar-refractivity contribution in [2.75, 3.05) is 11.5 Å². The Hall–Kier alpha value is -0.580. The molecule has 100 valence electrons. The molecule has 1 atom stereocenters. The number of benzene rings is 1. The van der Waals surface area contributed by atoms with Gasteiger partial charge in [-0.3, -0.25) is 11.3 Å². The number of hydrogen-bond acceptors (Lipinski definition) is 3. The van der Waals surface area contributed by atoms with Gasteiger partial charge < -0.3 is 0 Å². The number of nitrogens with one attached hydrogen (secondary N) is 1. The van der Waals surface area contributed by atoms with E-state index < -0.39 is 0 Å². The summed E-state index contributed by atoms with van der Waals surface area (Å²) >= 11 is 2.04. The number of halogens is 1. The summed E-state index contributed by atoms with van der Waals surface area (Å²) in [6, 6.07) is 7.05. The first-order chi connectivity index (χ1) is 8.78. The molecular formula is C14H21FN2S. The fourth-order valence-electron chi connectivity index (χ4n) is 2.54. The zero-order valence-electron chi connectivity index (χ0n) is 10.6. The van der Waals surface area contributed by atoms with Gasteiger partial charge in [0.25, 0.3) is 0 Å². The van der Waals surface area contributed by atoms with Gasteiger partial charge in [-0.2, -0.15) is 11.8 Å². The molecule has 1 fully saturated rings. The van der Waals surface area contributed by atoms with Crippen molar-refractivity contribution in [1.29, 1.82) is 0 Å². The van der Waals surface area contributed by atoms with Crippen LogP contribution < -0.4 is 11.3 Å². The van der Waals surface area contributed by atoms with E-state index in [0.29, 0.717) is 0 Å². The summed E-state index contributed by atoms with van der Waals surface area (Å²) in [5.41, 5.74) is 3.90.